The maximum Gasteiger partial charge on any atom is 0.410 e. The summed E-state index contributed by atoms with van der Waals surface area (Å²) in [5.41, 5.74) is 0.901. The minimum atomic E-state index is -0.627. The summed E-state index contributed by atoms with van der Waals surface area (Å²) in [6, 6.07) is 8.77. The average molecular weight is 293 g/mol. The molecule has 0 aliphatic rings. The molecule has 0 aliphatic carbocycles. The van der Waals surface area contributed by atoms with Gasteiger partial charge in [-0.3, -0.25) is 4.90 Å². The largest absolute Gasteiger partial charge is 0.467 e. The number of methoxy groups -OCH3 is 1. The fourth-order valence-electron chi connectivity index (χ4n) is 1.94. The van der Waals surface area contributed by atoms with Crippen molar-refractivity contribution in [3.8, 4) is 0 Å². The highest BCUT2D eigenvalue weighted by molar-refractivity contribution is 5.81. The minimum absolute atomic E-state index is 0.180. The van der Waals surface area contributed by atoms with Crippen molar-refractivity contribution in [1.82, 2.24) is 4.90 Å². The molecule has 0 aromatic heterocycles. The van der Waals surface area contributed by atoms with Gasteiger partial charge in [0.05, 0.1) is 7.11 Å². The van der Waals surface area contributed by atoms with Crippen LogP contribution in [0.4, 0.5) is 4.79 Å². The number of amides is 1. The Morgan fingerprint density at radius 2 is 1.81 bits per heavy atom. The number of nitrogens with zero attached hydrogens (tertiary/aromatic N) is 1. The van der Waals surface area contributed by atoms with Crippen LogP contribution >= 0.6 is 0 Å². The van der Waals surface area contributed by atoms with E-state index in [2.05, 4.69) is 0 Å². The van der Waals surface area contributed by atoms with Crippen molar-refractivity contribution in [2.75, 3.05) is 14.2 Å². The molecule has 1 amide bonds. The lowest BCUT2D eigenvalue weighted by Gasteiger charge is -2.26. The van der Waals surface area contributed by atoms with Crippen molar-refractivity contribution in [1.29, 1.82) is 0 Å². The molecule has 0 unspecified atom stereocenters. The molecular formula is C16H23NO4. The predicted molar refractivity (Wildman–Crippen MR) is 79.6 cm³/mol. The molecule has 1 rings (SSSR count). The van der Waals surface area contributed by atoms with E-state index in [9.17, 15) is 9.59 Å². The Bertz CT molecular complexity index is 459. The van der Waals surface area contributed by atoms with E-state index in [0.717, 1.165) is 5.56 Å². The fourth-order valence-corrected chi connectivity index (χ4v) is 1.94. The third-order valence-electron chi connectivity index (χ3n) is 3.13. The van der Waals surface area contributed by atoms with Crippen LogP contribution in [0.15, 0.2) is 30.3 Å². The highest BCUT2D eigenvalue weighted by Crippen LogP contribution is 2.13. The molecule has 1 atom stereocenters. The van der Waals surface area contributed by atoms with Crippen molar-refractivity contribution >= 4 is 12.1 Å². The van der Waals surface area contributed by atoms with Crippen LogP contribution in [0.2, 0.25) is 0 Å². The fraction of sp³-hybridized carbons (Fsp3) is 0.500. The molecule has 0 radical (unpaired) electrons. The second kappa shape index (κ2) is 8.29. The van der Waals surface area contributed by atoms with Gasteiger partial charge in [0, 0.05) is 7.05 Å². The van der Waals surface area contributed by atoms with Gasteiger partial charge in [0.1, 0.15) is 12.6 Å². The molecule has 0 N–H and O–H groups in total. The van der Waals surface area contributed by atoms with E-state index in [-0.39, 0.29) is 12.5 Å². The van der Waals surface area contributed by atoms with Crippen molar-refractivity contribution in [2.24, 2.45) is 5.92 Å². The first-order valence-electron chi connectivity index (χ1n) is 6.97. The van der Waals surface area contributed by atoms with Crippen molar-refractivity contribution in [3.63, 3.8) is 0 Å². The van der Waals surface area contributed by atoms with E-state index >= 15 is 0 Å². The van der Waals surface area contributed by atoms with E-state index in [1.54, 1.807) is 7.05 Å². The van der Waals surface area contributed by atoms with Crippen LogP contribution in [0.25, 0.3) is 0 Å². The van der Waals surface area contributed by atoms with E-state index in [1.807, 2.05) is 44.2 Å². The van der Waals surface area contributed by atoms with Gasteiger partial charge >= 0.3 is 12.1 Å². The van der Waals surface area contributed by atoms with Gasteiger partial charge in [-0.05, 0) is 17.9 Å². The first-order valence-corrected chi connectivity index (χ1v) is 6.97. The van der Waals surface area contributed by atoms with E-state index in [0.29, 0.717) is 6.42 Å². The standard InChI is InChI=1S/C16H23NO4/c1-12(2)10-14(15(18)20-4)17(3)16(19)21-11-13-8-6-5-7-9-13/h5-9,12,14H,10-11H2,1-4H3/t14-/m0/s1. The molecule has 0 spiro atoms. The molecule has 0 heterocycles. The summed E-state index contributed by atoms with van der Waals surface area (Å²) < 4.78 is 9.99. The van der Waals surface area contributed by atoms with Crippen molar-refractivity contribution < 1.29 is 19.1 Å². The van der Waals surface area contributed by atoms with Crippen LogP contribution in [0, 0.1) is 5.92 Å². The number of ether oxygens (including phenoxy) is 2. The number of benzene rings is 1. The predicted octanol–water partition coefficient (Wildman–Crippen LogP) is 2.84. The van der Waals surface area contributed by atoms with Crippen LogP contribution in [0.5, 0.6) is 0 Å². The quantitative estimate of drug-likeness (QED) is 0.757. The molecule has 21 heavy (non-hydrogen) atoms. The van der Waals surface area contributed by atoms with Gasteiger partial charge in [-0.1, -0.05) is 44.2 Å². The van der Waals surface area contributed by atoms with Crippen LogP contribution < -0.4 is 0 Å². The Balaban J connectivity index is 2.63. The Morgan fingerprint density at radius 1 is 1.19 bits per heavy atom. The van der Waals surface area contributed by atoms with Gasteiger partial charge in [0.25, 0.3) is 0 Å². The third-order valence-corrected chi connectivity index (χ3v) is 3.13. The molecule has 1 aromatic rings. The van der Waals surface area contributed by atoms with Gasteiger partial charge in [0.15, 0.2) is 0 Å². The SMILES string of the molecule is COC(=O)[C@H](CC(C)C)N(C)C(=O)OCc1ccccc1. The first-order chi connectivity index (χ1) is 9.95. The van der Waals surface area contributed by atoms with Crippen LogP contribution in [0.1, 0.15) is 25.8 Å². The maximum atomic E-state index is 12.1. The van der Waals surface area contributed by atoms with Gasteiger partial charge in [-0.2, -0.15) is 0 Å². The summed E-state index contributed by atoms with van der Waals surface area (Å²) in [5, 5.41) is 0. The number of carbonyl (C=O) groups excluding carboxylic acids is 2. The molecule has 0 aliphatic heterocycles. The zero-order valence-electron chi connectivity index (χ0n) is 13.0. The van der Waals surface area contributed by atoms with Gasteiger partial charge in [0.2, 0.25) is 0 Å². The number of rotatable bonds is 6. The lowest BCUT2D eigenvalue weighted by atomic mass is 10.0. The Labute approximate surface area is 125 Å². The topological polar surface area (TPSA) is 55.8 Å². The number of hydrogen-bond acceptors (Lipinski definition) is 4. The van der Waals surface area contributed by atoms with Gasteiger partial charge < -0.3 is 9.47 Å². The third kappa shape index (κ3) is 5.45. The second-order valence-electron chi connectivity index (χ2n) is 5.32. The zero-order valence-corrected chi connectivity index (χ0v) is 13.0. The molecule has 0 fully saturated rings. The summed E-state index contributed by atoms with van der Waals surface area (Å²) in [7, 11) is 2.87. The highest BCUT2D eigenvalue weighted by Gasteiger charge is 2.29. The first kappa shape index (κ1) is 17.0. The molecule has 5 heteroatoms. The molecule has 0 saturated heterocycles. The average Bonchev–Trinajstić information content (AvgIpc) is 2.49. The summed E-state index contributed by atoms with van der Waals surface area (Å²) in [6.45, 7) is 4.15. The minimum Gasteiger partial charge on any atom is -0.467 e. The lowest BCUT2D eigenvalue weighted by Crippen LogP contribution is -2.44. The van der Waals surface area contributed by atoms with Gasteiger partial charge in [-0.15, -0.1) is 0 Å². The summed E-state index contributed by atoms with van der Waals surface area (Å²) in [6.07, 6.45) is -0.00114. The molecule has 116 valence electrons. The van der Waals surface area contributed by atoms with Crippen LogP contribution in [0.3, 0.4) is 0 Å². The molecule has 0 saturated carbocycles. The van der Waals surface area contributed by atoms with Crippen molar-refractivity contribution in [3.05, 3.63) is 35.9 Å². The lowest BCUT2D eigenvalue weighted by molar-refractivity contribution is -0.146. The van der Waals surface area contributed by atoms with E-state index in [4.69, 9.17) is 9.47 Å². The summed E-state index contributed by atoms with van der Waals surface area (Å²) in [4.78, 5) is 25.2. The normalized spacial score (nSPS) is 11.9. The summed E-state index contributed by atoms with van der Waals surface area (Å²) >= 11 is 0. The Morgan fingerprint density at radius 3 is 2.33 bits per heavy atom. The number of likely N-dealkylation sites (N-methyl/N-ethyl adjacent to an activating group) is 1. The van der Waals surface area contributed by atoms with Crippen LogP contribution in [-0.2, 0) is 20.9 Å². The molecule has 1 aromatic carbocycles. The maximum absolute atomic E-state index is 12.1. The van der Waals surface area contributed by atoms with Crippen LogP contribution in [-0.4, -0.2) is 37.2 Å². The second-order valence-corrected chi connectivity index (χ2v) is 5.32. The zero-order chi connectivity index (χ0) is 15.8. The smallest absolute Gasteiger partial charge is 0.410 e. The van der Waals surface area contributed by atoms with Gasteiger partial charge in [-0.25, -0.2) is 9.59 Å². The van der Waals surface area contributed by atoms with Crippen molar-refractivity contribution in [2.45, 2.75) is 32.9 Å². The highest BCUT2D eigenvalue weighted by atomic mass is 16.6. The number of esters is 1. The summed E-state index contributed by atoms with van der Waals surface area (Å²) in [5.74, 6) is -0.165. The Hall–Kier alpha value is -2.04. The van der Waals surface area contributed by atoms with E-state index < -0.39 is 18.1 Å². The molecule has 0 bridgehead atoms. The Kier molecular flexibility index (Phi) is 6.72. The molecule has 5 nitrogen and oxygen atoms in total. The number of carbonyl (C=O) groups is 2. The molecular weight excluding hydrogens is 270 g/mol. The number of hydrogen-bond donors (Lipinski definition) is 0. The van der Waals surface area contributed by atoms with E-state index in [1.165, 1.54) is 12.0 Å². The monoisotopic (exact) mass is 293 g/mol.